The van der Waals surface area contributed by atoms with Crippen molar-refractivity contribution >= 4 is 23.5 Å². The molecule has 3 N–H and O–H groups in total. The fourth-order valence-corrected chi connectivity index (χ4v) is 2.40. The Hall–Kier alpha value is -3.15. The predicted molar refractivity (Wildman–Crippen MR) is 99.3 cm³/mol. The van der Waals surface area contributed by atoms with E-state index in [1.807, 2.05) is 25.1 Å². The summed E-state index contributed by atoms with van der Waals surface area (Å²) in [6, 6.07) is 14.2. The molecule has 2 rings (SSSR count). The molecule has 0 bridgehead atoms. The Morgan fingerprint density at radius 3 is 2.04 bits per heavy atom. The maximum Gasteiger partial charge on any atom is 0.326 e. The molecule has 0 radical (unpaired) electrons. The third-order valence-corrected chi connectivity index (χ3v) is 3.89. The molecule has 6 nitrogen and oxygen atoms in total. The van der Waals surface area contributed by atoms with Crippen LogP contribution in [0.2, 0.25) is 0 Å². The van der Waals surface area contributed by atoms with Crippen LogP contribution in [0.4, 0.5) is 5.69 Å². The molecule has 0 heterocycles. The molecule has 2 aromatic carbocycles. The molecule has 0 saturated heterocycles. The first-order valence-electron chi connectivity index (χ1n) is 8.51. The van der Waals surface area contributed by atoms with E-state index in [2.05, 4.69) is 10.6 Å². The standard InChI is InChI=1S/C20H22N2O4/c1-2-3-9-17(20(25)26)22-19(24)15-12-10-14(11-13-15)18(23)21-16-7-5-4-6-8-16/h4-8,10-13,17H,2-3,9H2,1H3,(H,21,23)(H,22,24)(H,25,26). The normalized spacial score (nSPS) is 11.4. The number of benzene rings is 2. The highest BCUT2D eigenvalue weighted by atomic mass is 16.4. The lowest BCUT2D eigenvalue weighted by Crippen LogP contribution is -2.40. The molecule has 0 aliphatic rings. The quantitative estimate of drug-likeness (QED) is 0.678. The molecule has 0 aliphatic heterocycles. The number of hydrogen-bond donors (Lipinski definition) is 3. The van der Waals surface area contributed by atoms with E-state index in [9.17, 15) is 19.5 Å². The molecular formula is C20H22N2O4. The lowest BCUT2D eigenvalue weighted by Gasteiger charge is -2.14. The van der Waals surface area contributed by atoms with Crippen molar-refractivity contribution in [3.8, 4) is 0 Å². The number of unbranched alkanes of at least 4 members (excludes halogenated alkanes) is 1. The number of carboxylic acids is 1. The van der Waals surface area contributed by atoms with E-state index in [1.165, 1.54) is 24.3 Å². The third-order valence-electron chi connectivity index (χ3n) is 3.89. The summed E-state index contributed by atoms with van der Waals surface area (Å²) in [5, 5.41) is 14.5. The molecule has 6 heteroatoms. The summed E-state index contributed by atoms with van der Waals surface area (Å²) in [5.74, 6) is -1.80. The van der Waals surface area contributed by atoms with E-state index in [0.717, 1.165) is 12.8 Å². The number of amides is 2. The third kappa shape index (κ3) is 5.44. The molecule has 2 aromatic rings. The second kappa shape index (κ2) is 9.36. The summed E-state index contributed by atoms with van der Waals surface area (Å²) in [5.41, 5.74) is 1.40. The number of nitrogens with one attached hydrogen (secondary N) is 2. The van der Waals surface area contributed by atoms with Crippen LogP contribution in [0.15, 0.2) is 54.6 Å². The maximum absolute atomic E-state index is 12.2. The van der Waals surface area contributed by atoms with Crippen molar-refractivity contribution in [2.24, 2.45) is 0 Å². The first-order valence-corrected chi connectivity index (χ1v) is 8.51. The number of rotatable bonds is 8. The molecule has 26 heavy (non-hydrogen) atoms. The van der Waals surface area contributed by atoms with Crippen molar-refractivity contribution in [1.82, 2.24) is 5.32 Å². The van der Waals surface area contributed by atoms with Crippen molar-refractivity contribution in [2.75, 3.05) is 5.32 Å². The van der Waals surface area contributed by atoms with Crippen LogP contribution in [0.3, 0.4) is 0 Å². The van der Waals surface area contributed by atoms with Gasteiger partial charge in [-0.05, 0) is 42.8 Å². The fraction of sp³-hybridized carbons (Fsp3) is 0.250. The summed E-state index contributed by atoms with van der Waals surface area (Å²) in [4.78, 5) is 35.6. The van der Waals surface area contributed by atoms with Crippen molar-refractivity contribution < 1.29 is 19.5 Å². The molecule has 1 unspecified atom stereocenters. The van der Waals surface area contributed by atoms with E-state index in [0.29, 0.717) is 23.2 Å². The summed E-state index contributed by atoms with van der Waals surface area (Å²) in [7, 11) is 0. The highest BCUT2D eigenvalue weighted by Crippen LogP contribution is 2.11. The SMILES string of the molecule is CCCCC(NC(=O)c1ccc(C(=O)Nc2ccccc2)cc1)C(=O)O. The van der Waals surface area contributed by atoms with E-state index in [4.69, 9.17) is 0 Å². The largest absolute Gasteiger partial charge is 0.480 e. The zero-order chi connectivity index (χ0) is 18.9. The van der Waals surface area contributed by atoms with E-state index >= 15 is 0 Å². The number of carboxylic acid groups (broad SMARTS) is 1. The molecule has 0 fully saturated rings. The Balaban J connectivity index is 2.00. The molecule has 0 saturated carbocycles. The fourth-order valence-electron chi connectivity index (χ4n) is 2.40. The zero-order valence-corrected chi connectivity index (χ0v) is 14.6. The minimum atomic E-state index is -1.05. The molecule has 1 atom stereocenters. The molecule has 0 aliphatic carbocycles. The van der Waals surface area contributed by atoms with Gasteiger partial charge in [-0.1, -0.05) is 38.0 Å². The zero-order valence-electron chi connectivity index (χ0n) is 14.6. The lowest BCUT2D eigenvalue weighted by atomic mass is 10.1. The smallest absolute Gasteiger partial charge is 0.326 e. The Labute approximate surface area is 152 Å². The van der Waals surface area contributed by atoms with Gasteiger partial charge in [-0.25, -0.2) is 4.79 Å². The van der Waals surface area contributed by atoms with Gasteiger partial charge >= 0.3 is 5.97 Å². The molecule has 2 amide bonds. The number of carbonyl (C=O) groups excluding carboxylic acids is 2. The molecule has 0 spiro atoms. The average Bonchev–Trinajstić information content (AvgIpc) is 2.65. The van der Waals surface area contributed by atoms with Crippen LogP contribution in [-0.4, -0.2) is 28.9 Å². The summed E-state index contributed by atoms with van der Waals surface area (Å²) < 4.78 is 0. The van der Waals surface area contributed by atoms with E-state index in [1.54, 1.807) is 12.1 Å². The number of para-hydroxylation sites is 1. The second-order valence-corrected chi connectivity index (χ2v) is 5.90. The summed E-state index contributed by atoms with van der Waals surface area (Å²) in [6.07, 6.45) is 1.95. The average molecular weight is 354 g/mol. The van der Waals surface area contributed by atoms with Gasteiger partial charge in [-0.15, -0.1) is 0 Å². The number of carbonyl (C=O) groups is 3. The second-order valence-electron chi connectivity index (χ2n) is 5.90. The number of hydrogen-bond acceptors (Lipinski definition) is 3. The first-order chi connectivity index (χ1) is 12.5. The van der Waals surface area contributed by atoms with Gasteiger partial charge in [-0.2, -0.15) is 0 Å². The van der Waals surface area contributed by atoms with Crippen LogP contribution in [0.5, 0.6) is 0 Å². The highest BCUT2D eigenvalue weighted by Gasteiger charge is 2.20. The topological polar surface area (TPSA) is 95.5 Å². The predicted octanol–water partition coefficient (Wildman–Crippen LogP) is 3.31. The van der Waals surface area contributed by atoms with E-state index in [-0.39, 0.29) is 5.91 Å². The maximum atomic E-state index is 12.2. The van der Waals surface area contributed by atoms with Crippen LogP contribution in [0, 0.1) is 0 Å². The van der Waals surface area contributed by atoms with Gasteiger partial charge in [0.05, 0.1) is 0 Å². The Morgan fingerprint density at radius 2 is 1.50 bits per heavy atom. The number of anilines is 1. The molecule has 136 valence electrons. The van der Waals surface area contributed by atoms with Crippen molar-refractivity contribution in [3.05, 3.63) is 65.7 Å². The highest BCUT2D eigenvalue weighted by molar-refractivity contribution is 6.05. The van der Waals surface area contributed by atoms with Crippen LogP contribution in [-0.2, 0) is 4.79 Å². The number of aliphatic carboxylic acids is 1. The van der Waals surface area contributed by atoms with Gasteiger partial charge in [-0.3, -0.25) is 9.59 Å². The van der Waals surface area contributed by atoms with Crippen molar-refractivity contribution in [1.29, 1.82) is 0 Å². The lowest BCUT2D eigenvalue weighted by molar-refractivity contribution is -0.139. The van der Waals surface area contributed by atoms with Gasteiger partial charge in [0.25, 0.3) is 11.8 Å². The molecule has 0 aromatic heterocycles. The summed E-state index contributed by atoms with van der Waals surface area (Å²) in [6.45, 7) is 1.96. The van der Waals surface area contributed by atoms with Crippen molar-refractivity contribution in [2.45, 2.75) is 32.2 Å². The minimum absolute atomic E-state index is 0.283. The van der Waals surface area contributed by atoms with Gasteiger partial charge in [0.2, 0.25) is 0 Å². The Kier molecular flexibility index (Phi) is 6.91. The van der Waals surface area contributed by atoms with Crippen LogP contribution in [0.1, 0.15) is 46.9 Å². The Bertz CT molecular complexity index is 757. The summed E-state index contributed by atoms with van der Waals surface area (Å²) >= 11 is 0. The van der Waals surface area contributed by atoms with Gasteiger partial charge in [0.1, 0.15) is 6.04 Å². The van der Waals surface area contributed by atoms with Crippen LogP contribution >= 0.6 is 0 Å². The molecular weight excluding hydrogens is 332 g/mol. The van der Waals surface area contributed by atoms with Gasteiger partial charge in [0.15, 0.2) is 0 Å². The van der Waals surface area contributed by atoms with Crippen molar-refractivity contribution in [3.63, 3.8) is 0 Å². The van der Waals surface area contributed by atoms with Crippen LogP contribution < -0.4 is 10.6 Å². The van der Waals surface area contributed by atoms with Gasteiger partial charge < -0.3 is 15.7 Å². The monoisotopic (exact) mass is 354 g/mol. The first kappa shape index (κ1) is 19.2. The van der Waals surface area contributed by atoms with Gasteiger partial charge in [0, 0.05) is 16.8 Å². The Morgan fingerprint density at radius 1 is 0.923 bits per heavy atom. The van der Waals surface area contributed by atoms with Crippen LogP contribution in [0.25, 0.3) is 0 Å². The minimum Gasteiger partial charge on any atom is -0.480 e. The van der Waals surface area contributed by atoms with E-state index < -0.39 is 17.9 Å².